The average molecular weight is 389 g/mol. The van der Waals surface area contributed by atoms with Crippen LogP contribution in [-0.4, -0.2) is 18.5 Å². The molecule has 2 aromatic rings. The summed E-state index contributed by atoms with van der Waals surface area (Å²) < 4.78 is 33.8. The highest BCUT2D eigenvalue weighted by Crippen LogP contribution is 2.44. The predicted molar refractivity (Wildman–Crippen MR) is 105 cm³/mol. The number of amides is 1. The van der Waals surface area contributed by atoms with E-state index in [0.29, 0.717) is 17.9 Å². The normalized spacial score (nSPS) is 11.8. The van der Waals surface area contributed by atoms with Crippen molar-refractivity contribution >= 4 is 17.6 Å². The van der Waals surface area contributed by atoms with E-state index >= 15 is 0 Å². The monoisotopic (exact) mass is 389 g/mol. The minimum absolute atomic E-state index is 0.133. The number of hydrogen-bond donors (Lipinski definition) is 1. The van der Waals surface area contributed by atoms with E-state index in [0.717, 1.165) is 6.42 Å². The first-order valence-corrected chi connectivity index (χ1v) is 9.13. The van der Waals surface area contributed by atoms with E-state index in [-0.39, 0.29) is 11.1 Å². The quantitative estimate of drug-likeness (QED) is 0.650. The highest BCUT2D eigenvalue weighted by atomic mass is 19.3. The number of hydrogen-bond acceptors (Lipinski definition) is 3. The summed E-state index contributed by atoms with van der Waals surface area (Å²) in [5.74, 6) is -3.86. The van der Waals surface area contributed by atoms with Crippen LogP contribution in [0.15, 0.2) is 48.5 Å². The molecule has 0 spiro atoms. The highest BCUT2D eigenvalue weighted by Gasteiger charge is 2.44. The van der Waals surface area contributed by atoms with Crippen LogP contribution < -0.4 is 5.32 Å². The summed E-state index contributed by atoms with van der Waals surface area (Å²) in [4.78, 5) is 24.1. The molecule has 2 aromatic carbocycles. The van der Waals surface area contributed by atoms with E-state index in [1.165, 1.54) is 45.0 Å². The van der Waals surface area contributed by atoms with Crippen molar-refractivity contribution in [3.05, 3.63) is 65.2 Å². The van der Waals surface area contributed by atoms with Gasteiger partial charge in [-0.15, -0.1) is 0 Å². The second-order valence-corrected chi connectivity index (χ2v) is 7.57. The van der Waals surface area contributed by atoms with Crippen LogP contribution in [0.5, 0.6) is 0 Å². The van der Waals surface area contributed by atoms with Gasteiger partial charge in [-0.05, 0) is 42.8 Å². The fourth-order valence-corrected chi connectivity index (χ4v) is 2.43. The van der Waals surface area contributed by atoms with Crippen molar-refractivity contribution < 1.29 is 23.1 Å². The molecule has 0 saturated carbocycles. The number of ether oxygens (including phenoxy) is 1. The maximum absolute atomic E-state index is 14.4. The third-order valence-electron chi connectivity index (χ3n) is 4.27. The molecule has 1 amide bonds. The Kier molecular flexibility index (Phi) is 6.54. The van der Waals surface area contributed by atoms with Crippen molar-refractivity contribution in [1.82, 2.24) is 0 Å². The van der Waals surface area contributed by atoms with Crippen molar-refractivity contribution in [2.45, 2.75) is 40.0 Å². The molecule has 0 aliphatic rings. The third kappa shape index (κ3) is 4.94. The summed E-state index contributed by atoms with van der Waals surface area (Å²) in [5.41, 5.74) is -0.218. The number of benzene rings is 2. The maximum Gasteiger partial charge on any atom is 0.338 e. The first kappa shape index (κ1) is 21.5. The van der Waals surface area contributed by atoms with Gasteiger partial charge in [0.1, 0.15) is 0 Å². The van der Waals surface area contributed by atoms with Gasteiger partial charge in [0.15, 0.2) is 0 Å². The lowest BCUT2D eigenvalue weighted by molar-refractivity contribution is -0.104. The molecule has 28 heavy (non-hydrogen) atoms. The van der Waals surface area contributed by atoms with E-state index in [2.05, 4.69) is 5.32 Å². The Morgan fingerprint density at radius 1 is 0.929 bits per heavy atom. The summed E-state index contributed by atoms with van der Waals surface area (Å²) >= 11 is 0. The van der Waals surface area contributed by atoms with Gasteiger partial charge in [0, 0.05) is 22.2 Å². The average Bonchev–Trinajstić information content (AvgIpc) is 2.65. The molecule has 0 radical (unpaired) electrons. The molecule has 0 atom stereocenters. The van der Waals surface area contributed by atoms with Gasteiger partial charge in [-0.1, -0.05) is 39.8 Å². The summed E-state index contributed by atoms with van der Waals surface area (Å²) in [6, 6.07) is 11.6. The zero-order valence-electron chi connectivity index (χ0n) is 16.5. The van der Waals surface area contributed by atoms with Crippen LogP contribution in [0.3, 0.4) is 0 Å². The van der Waals surface area contributed by atoms with Crippen LogP contribution in [0.1, 0.15) is 60.4 Å². The predicted octanol–water partition coefficient (Wildman–Crippen LogP) is 5.64. The second kappa shape index (κ2) is 8.50. The molecule has 4 nitrogen and oxygen atoms in total. The number of anilines is 1. The minimum atomic E-state index is -3.01. The number of alkyl halides is 2. The van der Waals surface area contributed by atoms with Crippen LogP contribution in [-0.2, 0) is 10.7 Å². The molecule has 0 unspecified atom stereocenters. The Labute approximate surface area is 163 Å². The van der Waals surface area contributed by atoms with Crippen molar-refractivity contribution in [3.63, 3.8) is 0 Å². The number of carbonyl (C=O) groups excluding carboxylic acids is 2. The fraction of sp³-hybridized carbons (Fsp3) is 0.364. The Hall–Kier alpha value is -2.76. The number of rotatable bonds is 6. The Morgan fingerprint density at radius 2 is 1.46 bits per heavy atom. The second-order valence-electron chi connectivity index (χ2n) is 7.57. The van der Waals surface area contributed by atoms with Crippen molar-refractivity contribution in [2.24, 2.45) is 5.41 Å². The Bertz CT molecular complexity index is 822. The van der Waals surface area contributed by atoms with E-state index in [4.69, 9.17) is 4.74 Å². The highest BCUT2D eigenvalue weighted by molar-refractivity contribution is 6.04. The van der Waals surface area contributed by atoms with Gasteiger partial charge in [-0.3, -0.25) is 4.79 Å². The lowest BCUT2D eigenvalue weighted by Crippen LogP contribution is -2.31. The number of esters is 1. The summed E-state index contributed by atoms with van der Waals surface area (Å²) in [6.45, 7) is 6.66. The molecule has 0 aliphatic heterocycles. The van der Waals surface area contributed by atoms with Gasteiger partial charge in [0.2, 0.25) is 0 Å². The van der Waals surface area contributed by atoms with Crippen LogP contribution in [0.2, 0.25) is 0 Å². The summed E-state index contributed by atoms with van der Waals surface area (Å²) in [6.07, 6.45) is 0.736. The van der Waals surface area contributed by atoms with E-state index in [1.54, 1.807) is 24.3 Å². The molecule has 0 aromatic heterocycles. The van der Waals surface area contributed by atoms with Crippen LogP contribution in [0.4, 0.5) is 14.5 Å². The minimum Gasteiger partial charge on any atom is -0.462 e. The molecule has 0 bridgehead atoms. The van der Waals surface area contributed by atoms with E-state index < -0.39 is 23.2 Å². The van der Waals surface area contributed by atoms with Crippen LogP contribution in [0.25, 0.3) is 0 Å². The first-order chi connectivity index (χ1) is 13.1. The number of nitrogens with one attached hydrogen (secondary N) is 1. The van der Waals surface area contributed by atoms with Gasteiger partial charge in [-0.2, -0.15) is 0 Å². The SMILES string of the molecule is CCCOC(=O)c1ccc(NC(=O)c2ccc(C(F)(F)C(C)(C)C)cc2)cc1. The molecular formula is C22H25F2NO3. The smallest absolute Gasteiger partial charge is 0.338 e. The van der Waals surface area contributed by atoms with E-state index in [9.17, 15) is 18.4 Å². The fourth-order valence-electron chi connectivity index (χ4n) is 2.43. The molecule has 1 N–H and O–H groups in total. The number of carbonyl (C=O) groups is 2. The molecular weight excluding hydrogens is 364 g/mol. The number of halogens is 2. The molecule has 0 heterocycles. The van der Waals surface area contributed by atoms with Crippen LogP contribution >= 0.6 is 0 Å². The van der Waals surface area contributed by atoms with Gasteiger partial charge in [0.05, 0.1) is 12.2 Å². The maximum atomic E-state index is 14.4. The summed E-state index contributed by atoms with van der Waals surface area (Å²) in [5, 5.41) is 2.68. The third-order valence-corrected chi connectivity index (χ3v) is 4.27. The first-order valence-electron chi connectivity index (χ1n) is 9.13. The molecule has 6 heteroatoms. The van der Waals surface area contributed by atoms with Crippen molar-refractivity contribution in [3.8, 4) is 0 Å². The summed E-state index contributed by atoms with van der Waals surface area (Å²) in [7, 11) is 0. The largest absolute Gasteiger partial charge is 0.462 e. The molecule has 0 saturated heterocycles. The molecule has 150 valence electrons. The zero-order chi connectivity index (χ0) is 20.9. The molecule has 0 aliphatic carbocycles. The molecule has 2 rings (SSSR count). The molecule has 0 fully saturated rings. The standard InChI is InChI=1S/C22H25F2NO3/c1-5-14-28-20(27)16-8-12-18(13-9-16)25-19(26)15-6-10-17(11-7-15)22(23,24)21(2,3)4/h6-13H,5,14H2,1-4H3,(H,25,26). The zero-order valence-corrected chi connectivity index (χ0v) is 16.5. The van der Waals surface area contributed by atoms with Gasteiger partial charge in [-0.25, -0.2) is 13.6 Å². The Morgan fingerprint density at radius 3 is 1.96 bits per heavy atom. The lowest BCUT2D eigenvalue weighted by atomic mass is 9.83. The van der Waals surface area contributed by atoms with Crippen molar-refractivity contribution in [2.75, 3.05) is 11.9 Å². The van der Waals surface area contributed by atoms with E-state index in [1.807, 2.05) is 6.92 Å². The van der Waals surface area contributed by atoms with Gasteiger partial charge < -0.3 is 10.1 Å². The Balaban J connectivity index is 2.06. The van der Waals surface area contributed by atoms with Crippen LogP contribution in [0, 0.1) is 5.41 Å². The van der Waals surface area contributed by atoms with Crippen molar-refractivity contribution in [1.29, 1.82) is 0 Å². The topological polar surface area (TPSA) is 55.4 Å². The van der Waals surface area contributed by atoms with Gasteiger partial charge >= 0.3 is 5.97 Å². The van der Waals surface area contributed by atoms with Gasteiger partial charge in [0.25, 0.3) is 11.8 Å². The lowest BCUT2D eigenvalue weighted by Gasteiger charge is -2.30.